The van der Waals surface area contributed by atoms with Crippen molar-refractivity contribution in [2.75, 3.05) is 0 Å². The van der Waals surface area contributed by atoms with E-state index in [9.17, 15) is 17.6 Å². The fraction of sp³-hybridized carbons (Fsp3) is 0. The topological polar surface area (TPSA) is 63.6 Å². The van der Waals surface area contributed by atoms with Crippen molar-refractivity contribution >= 4 is 32.0 Å². The van der Waals surface area contributed by atoms with Crippen LogP contribution in [-0.4, -0.2) is 14.5 Å². The van der Waals surface area contributed by atoms with Crippen LogP contribution in [-0.2, 0) is 14.8 Å². The molecule has 0 radical (unpaired) electrons. The Bertz CT molecular complexity index is 508. The SMILES string of the molecule is O=C=NS(=O)(=O)c1ccc(Br)c(F)c1. The number of hydrogen-bond donors (Lipinski definition) is 0. The van der Waals surface area contributed by atoms with Crippen molar-refractivity contribution in [1.82, 2.24) is 0 Å². The second kappa shape index (κ2) is 4.00. The second-order valence-electron chi connectivity index (χ2n) is 2.23. The Kier molecular flexibility index (Phi) is 3.15. The summed E-state index contributed by atoms with van der Waals surface area (Å²) in [6.45, 7) is 0. The Labute approximate surface area is 87.6 Å². The summed E-state index contributed by atoms with van der Waals surface area (Å²) >= 11 is 2.86. The van der Waals surface area contributed by atoms with Crippen molar-refractivity contribution in [1.29, 1.82) is 0 Å². The molecule has 74 valence electrons. The first-order chi connectivity index (χ1) is 6.47. The fourth-order valence-electron chi connectivity index (χ4n) is 0.739. The molecule has 0 fully saturated rings. The molecular formula is C7H3BrFNO3S. The van der Waals surface area contributed by atoms with Gasteiger partial charge in [-0.3, -0.25) is 0 Å². The van der Waals surface area contributed by atoms with Crippen molar-refractivity contribution in [2.24, 2.45) is 4.40 Å². The van der Waals surface area contributed by atoms with Crippen molar-refractivity contribution < 1.29 is 17.6 Å². The van der Waals surface area contributed by atoms with Crippen molar-refractivity contribution in [3.05, 3.63) is 28.5 Å². The minimum absolute atomic E-state index is 0.131. The first-order valence-corrected chi connectivity index (χ1v) is 5.50. The van der Waals surface area contributed by atoms with Crippen LogP contribution in [0.15, 0.2) is 32.0 Å². The molecule has 0 atom stereocenters. The van der Waals surface area contributed by atoms with Crippen LogP contribution in [0.25, 0.3) is 0 Å². The maximum Gasteiger partial charge on any atom is 0.292 e. The maximum absolute atomic E-state index is 12.9. The van der Waals surface area contributed by atoms with Gasteiger partial charge in [-0.2, -0.15) is 8.42 Å². The van der Waals surface area contributed by atoms with Crippen LogP contribution in [0, 0.1) is 5.82 Å². The number of sulfonamides is 1. The quantitative estimate of drug-likeness (QED) is 0.610. The fourth-order valence-corrected chi connectivity index (χ4v) is 1.68. The third kappa shape index (κ3) is 2.25. The lowest BCUT2D eigenvalue weighted by Gasteiger charge is -1.97. The smallest absolute Gasteiger partial charge is 0.210 e. The number of benzene rings is 1. The van der Waals surface area contributed by atoms with Gasteiger partial charge in [0.2, 0.25) is 0 Å². The van der Waals surface area contributed by atoms with Crippen LogP contribution in [0.3, 0.4) is 0 Å². The summed E-state index contributed by atoms with van der Waals surface area (Å²) in [5.41, 5.74) is 0. The molecule has 0 bridgehead atoms. The van der Waals surface area contributed by atoms with Gasteiger partial charge in [-0.25, -0.2) is 9.18 Å². The lowest BCUT2D eigenvalue weighted by Crippen LogP contribution is -1.96. The molecule has 0 aliphatic heterocycles. The third-order valence-electron chi connectivity index (χ3n) is 1.35. The molecule has 0 spiro atoms. The van der Waals surface area contributed by atoms with Gasteiger partial charge in [0.15, 0.2) is 0 Å². The molecule has 0 aliphatic carbocycles. The molecule has 1 aromatic carbocycles. The summed E-state index contributed by atoms with van der Waals surface area (Å²) in [5.74, 6) is -0.743. The highest BCUT2D eigenvalue weighted by atomic mass is 79.9. The van der Waals surface area contributed by atoms with Crippen molar-refractivity contribution in [3.63, 3.8) is 0 Å². The first kappa shape index (κ1) is 11.0. The number of carbonyl (C=O) groups excluding carboxylic acids is 1. The Morgan fingerprint density at radius 1 is 1.43 bits per heavy atom. The van der Waals surface area contributed by atoms with Crippen LogP contribution >= 0.6 is 15.9 Å². The van der Waals surface area contributed by atoms with Gasteiger partial charge >= 0.3 is 0 Å². The number of rotatable bonds is 2. The van der Waals surface area contributed by atoms with Gasteiger partial charge in [0, 0.05) is 0 Å². The van der Waals surface area contributed by atoms with Gasteiger partial charge in [-0.1, -0.05) is 4.40 Å². The van der Waals surface area contributed by atoms with Gasteiger partial charge in [-0.15, -0.1) is 0 Å². The molecule has 0 unspecified atom stereocenters. The maximum atomic E-state index is 12.9. The lowest BCUT2D eigenvalue weighted by atomic mass is 10.3. The summed E-state index contributed by atoms with van der Waals surface area (Å²) in [5, 5.41) is 0. The lowest BCUT2D eigenvalue weighted by molar-refractivity contribution is 0.563. The van der Waals surface area contributed by atoms with Crippen LogP contribution in [0.4, 0.5) is 4.39 Å². The molecule has 1 aromatic rings. The monoisotopic (exact) mass is 279 g/mol. The molecule has 0 aliphatic rings. The minimum Gasteiger partial charge on any atom is -0.210 e. The van der Waals surface area contributed by atoms with E-state index in [0.717, 1.165) is 18.2 Å². The van der Waals surface area contributed by atoms with Crippen molar-refractivity contribution in [2.45, 2.75) is 4.90 Å². The summed E-state index contributed by atoms with van der Waals surface area (Å²) in [7, 11) is -4.11. The van der Waals surface area contributed by atoms with Gasteiger partial charge in [-0.05, 0) is 34.1 Å². The van der Waals surface area contributed by atoms with Crippen LogP contribution in [0.5, 0.6) is 0 Å². The number of isocyanates is 1. The average molecular weight is 280 g/mol. The Morgan fingerprint density at radius 2 is 2.07 bits per heavy atom. The van der Waals surface area contributed by atoms with Crippen LogP contribution < -0.4 is 0 Å². The zero-order valence-corrected chi connectivity index (χ0v) is 8.97. The number of nitrogens with zero attached hydrogens (tertiary/aromatic N) is 1. The van der Waals surface area contributed by atoms with E-state index >= 15 is 0 Å². The molecule has 0 saturated heterocycles. The molecule has 0 saturated carbocycles. The van der Waals surface area contributed by atoms with E-state index in [1.165, 1.54) is 6.07 Å². The van der Waals surface area contributed by atoms with Crippen LogP contribution in [0.2, 0.25) is 0 Å². The zero-order chi connectivity index (χ0) is 10.8. The van der Waals surface area contributed by atoms with Crippen molar-refractivity contribution in [3.8, 4) is 0 Å². The normalized spacial score (nSPS) is 10.7. The van der Waals surface area contributed by atoms with E-state index in [-0.39, 0.29) is 9.37 Å². The van der Waals surface area contributed by atoms with Gasteiger partial charge in [0.1, 0.15) is 5.82 Å². The third-order valence-corrected chi connectivity index (χ3v) is 3.15. The molecule has 1 rings (SSSR count). The van der Waals surface area contributed by atoms with Gasteiger partial charge in [0.25, 0.3) is 16.1 Å². The number of hydrogen-bond acceptors (Lipinski definition) is 3. The average Bonchev–Trinajstić information content (AvgIpc) is 2.09. The molecule has 4 nitrogen and oxygen atoms in total. The predicted octanol–water partition coefficient (Wildman–Crippen LogP) is 1.61. The van der Waals surface area contributed by atoms with E-state index in [1.54, 1.807) is 0 Å². The molecule has 14 heavy (non-hydrogen) atoms. The number of halogens is 2. The minimum atomic E-state index is -4.11. The zero-order valence-electron chi connectivity index (χ0n) is 6.57. The molecule has 7 heteroatoms. The standard InChI is InChI=1S/C7H3BrFNO3S/c8-6-2-1-5(3-7(6)9)14(12,13)10-4-11/h1-3H. The van der Waals surface area contributed by atoms with E-state index in [2.05, 4.69) is 20.3 Å². The largest absolute Gasteiger partial charge is 0.292 e. The summed E-state index contributed by atoms with van der Waals surface area (Å²) in [6.07, 6.45) is 0.893. The van der Waals surface area contributed by atoms with E-state index < -0.39 is 15.8 Å². The molecule has 0 N–H and O–H groups in total. The first-order valence-electron chi connectivity index (χ1n) is 3.26. The highest BCUT2D eigenvalue weighted by molar-refractivity contribution is 9.10. The second-order valence-corrected chi connectivity index (χ2v) is 4.69. The van der Waals surface area contributed by atoms with E-state index in [0.29, 0.717) is 0 Å². The Hall–Kier alpha value is -1.04. The molecule has 0 heterocycles. The summed E-state index contributed by atoms with van der Waals surface area (Å²) in [4.78, 5) is 9.38. The van der Waals surface area contributed by atoms with E-state index in [4.69, 9.17) is 0 Å². The summed E-state index contributed by atoms with van der Waals surface area (Å²) < 4.78 is 37.8. The molecular weight excluding hydrogens is 277 g/mol. The van der Waals surface area contributed by atoms with Gasteiger partial charge < -0.3 is 0 Å². The molecule has 0 aromatic heterocycles. The molecule has 0 amide bonds. The highest BCUT2D eigenvalue weighted by Gasteiger charge is 2.14. The Balaban J connectivity index is 3.35. The van der Waals surface area contributed by atoms with Gasteiger partial charge in [0.05, 0.1) is 9.37 Å². The predicted molar refractivity (Wildman–Crippen MR) is 49.4 cm³/mol. The van der Waals surface area contributed by atoms with E-state index in [1.807, 2.05) is 0 Å². The van der Waals surface area contributed by atoms with Crippen LogP contribution in [0.1, 0.15) is 0 Å². The summed E-state index contributed by atoms with van der Waals surface area (Å²) in [6, 6.07) is 3.10. The Morgan fingerprint density at radius 3 is 2.57 bits per heavy atom. The highest BCUT2D eigenvalue weighted by Crippen LogP contribution is 2.20.